The maximum atomic E-state index is 2.44. The van der Waals surface area contributed by atoms with Crippen LogP contribution in [0.1, 0.15) is 161 Å². The molecule has 0 saturated heterocycles. The van der Waals surface area contributed by atoms with E-state index in [0.29, 0.717) is 0 Å². The van der Waals surface area contributed by atoms with Crippen molar-refractivity contribution >= 4 is 11.3 Å². The molecule has 2 unspecified atom stereocenters. The third kappa shape index (κ3) is 9.52. The lowest BCUT2D eigenvalue weighted by Gasteiger charge is -2.25. The van der Waals surface area contributed by atoms with Crippen LogP contribution in [-0.2, 0) is 23.7 Å². The van der Waals surface area contributed by atoms with Gasteiger partial charge in [-0.05, 0) is 46.6 Å². The largest absolute Gasteiger partial charge is 0.144 e. The predicted molar refractivity (Wildman–Crippen MR) is 150 cm³/mol. The minimum atomic E-state index is 0.239. The van der Waals surface area contributed by atoms with Gasteiger partial charge in [-0.3, -0.25) is 0 Å². The van der Waals surface area contributed by atoms with Crippen molar-refractivity contribution in [2.75, 3.05) is 0 Å². The first-order valence-corrected chi connectivity index (χ1v) is 15.0. The van der Waals surface area contributed by atoms with E-state index in [0.717, 1.165) is 11.8 Å². The van der Waals surface area contributed by atoms with E-state index in [4.69, 9.17) is 0 Å². The lowest BCUT2D eigenvalue weighted by molar-refractivity contribution is 0.422. The lowest BCUT2D eigenvalue weighted by atomic mass is 9.79. The van der Waals surface area contributed by atoms with Crippen LogP contribution in [0, 0.1) is 11.8 Å². The van der Waals surface area contributed by atoms with Gasteiger partial charge in [-0.15, -0.1) is 11.3 Å². The van der Waals surface area contributed by atoms with Gasteiger partial charge in [0, 0.05) is 9.75 Å². The van der Waals surface area contributed by atoms with Gasteiger partial charge in [-0.25, -0.2) is 0 Å². The first kappa shape index (κ1) is 29.7. The highest BCUT2D eigenvalue weighted by Crippen LogP contribution is 2.45. The van der Waals surface area contributed by atoms with E-state index in [1.807, 2.05) is 0 Å². The number of hydrogen-bond donors (Lipinski definition) is 0. The molecule has 0 amide bonds. The molecule has 0 saturated carbocycles. The average molecular weight is 463 g/mol. The molecule has 0 fully saturated rings. The summed E-state index contributed by atoms with van der Waals surface area (Å²) in [4.78, 5) is 3.38. The molecule has 0 spiro atoms. The maximum absolute atomic E-state index is 2.44. The van der Waals surface area contributed by atoms with Crippen LogP contribution in [0.4, 0.5) is 0 Å². The minimum Gasteiger partial charge on any atom is -0.144 e. The van der Waals surface area contributed by atoms with E-state index in [2.05, 4.69) is 80.6 Å². The second-order valence-electron chi connectivity index (χ2n) is 12.5. The van der Waals surface area contributed by atoms with Gasteiger partial charge in [0.1, 0.15) is 0 Å². The van der Waals surface area contributed by atoms with Crippen LogP contribution in [0.3, 0.4) is 0 Å². The molecule has 0 N–H and O–H groups in total. The Kier molecular flexibility index (Phi) is 13.2. The van der Waals surface area contributed by atoms with Crippen molar-refractivity contribution in [3.05, 3.63) is 20.9 Å². The standard InChI is InChI=1S/C31H58S/c1-11-15-17-19-21-25(14-4)23-27-26(22-24(13-3)20-18-16-12-2)28(30(5,6)7)32-29(27)31(8,9)10/h24-25H,11-23H2,1-10H3. The van der Waals surface area contributed by atoms with Gasteiger partial charge in [0.25, 0.3) is 0 Å². The Bertz CT molecular complexity index is 622. The molecular formula is C31H58S. The molecular weight excluding hydrogens is 404 g/mol. The van der Waals surface area contributed by atoms with Crippen LogP contribution in [0.25, 0.3) is 0 Å². The predicted octanol–water partition coefficient (Wildman–Crippen LogP) is 11.0. The van der Waals surface area contributed by atoms with Crippen LogP contribution < -0.4 is 0 Å². The lowest BCUT2D eigenvalue weighted by Crippen LogP contribution is -2.17. The molecule has 0 aromatic carbocycles. The van der Waals surface area contributed by atoms with Crippen LogP contribution in [0.2, 0.25) is 0 Å². The Balaban J connectivity index is 3.34. The molecule has 1 aromatic rings. The zero-order valence-corrected chi connectivity index (χ0v) is 24.6. The minimum absolute atomic E-state index is 0.239. The molecule has 0 bridgehead atoms. The molecule has 0 aliphatic carbocycles. The monoisotopic (exact) mass is 462 g/mol. The second-order valence-corrected chi connectivity index (χ2v) is 13.5. The molecule has 1 heterocycles. The third-order valence-electron chi connectivity index (χ3n) is 7.30. The highest BCUT2D eigenvalue weighted by atomic mass is 32.1. The van der Waals surface area contributed by atoms with Crippen LogP contribution in [0.15, 0.2) is 0 Å². The first-order chi connectivity index (χ1) is 15.0. The van der Waals surface area contributed by atoms with Crippen LogP contribution >= 0.6 is 11.3 Å². The van der Waals surface area contributed by atoms with E-state index in [1.54, 1.807) is 20.9 Å². The first-order valence-electron chi connectivity index (χ1n) is 14.1. The molecule has 0 nitrogen and oxygen atoms in total. The number of rotatable bonds is 15. The Morgan fingerprint density at radius 3 is 1.28 bits per heavy atom. The molecule has 188 valence electrons. The highest BCUT2D eigenvalue weighted by Gasteiger charge is 2.32. The van der Waals surface area contributed by atoms with Crippen molar-refractivity contribution in [1.82, 2.24) is 0 Å². The van der Waals surface area contributed by atoms with Crippen LogP contribution in [0.5, 0.6) is 0 Å². The van der Waals surface area contributed by atoms with E-state index in [9.17, 15) is 0 Å². The van der Waals surface area contributed by atoms with E-state index < -0.39 is 0 Å². The van der Waals surface area contributed by atoms with Crippen molar-refractivity contribution in [1.29, 1.82) is 0 Å². The maximum Gasteiger partial charge on any atom is 0.0137 e. The number of hydrogen-bond acceptors (Lipinski definition) is 1. The van der Waals surface area contributed by atoms with Gasteiger partial charge in [-0.1, -0.05) is 140 Å². The van der Waals surface area contributed by atoms with E-state index in [-0.39, 0.29) is 10.8 Å². The van der Waals surface area contributed by atoms with E-state index >= 15 is 0 Å². The molecule has 0 aliphatic rings. The van der Waals surface area contributed by atoms with Gasteiger partial charge in [-0.2, -0.15) is 0 Å². The summed E-state index contributed by atoms with van der Waals surface area (Å²) in [7, 11) is 0. The summed E-state index contributed by atoms with van der Waals surface area (Å²) in [6, 6.07) is 0. The fourth-order valence-electron chi connectivity index (χ4n) is 5.16. The van der Waals surface area contributed by atoms with Gasteiger partial charge < -0.3 is 0 Å². The van der Waals surface area contributed by atoms with Crippen molar-refractivity contribution < 1.29 is 0 Å². The van der Waals surface area contributed by atoms with Gasteiger partial charge in [0.05, 0.1) is 0 Å². The third-order valence-corrected chi connectivity index (χ3v) is 9.43. The number of thiophene rings is 1. The summed E-state index contributed by atoms with van der Waals surface area (Å²) in [6.07, 6.45) is 17.8. The quantitative estimate of drug-likeness (QED) is 0.227. The zero-order chi connectivity index (χ0) is 24.4. The Hall–Kier alpha value is -0.300. The SMILES string of the molecule is CCCCCCC(CC)Cc1c(C(C)(C)C)sc(C(C)(C)C)c1CC(CC)CCCCC. The summed E-state index contributed by atoms with van der Waals surface area (Å²) < 4.78 is 0. The fraction of sp³-hybridized carbons (Fsp3) is 0.871. The smallest absolute Gasteiger partial charge is 0.0137 e. The van der Waals surface area contributed by atoms with Crippen molar-refractivity contribution in [3.63, 3.8) is 0 Å². The Morgan fingerprint density at radius 2 is 0.938 bits per heavy atom. The summed E-state index contributed by atoms with van der Waals surface area (Å²) in [5, 5.41) is 0. The molecule has 1 rings (SSSR count). The van der Waals surface area contributed by atoms with Crippen LogP contribution in [-0.4, -0.2) is 0 Å². The molecule has 0 aliphatic heterocycles. The van der Waals surface area contributed by atoms with Gasteiger partial charge in [0.2, 0.25) is 0 Å². The summed E-state index contributed by atoms with van der Waals surface area (Å²) >= 11 is 2.17. The molecule has 0 radical (unpaired) electrons. The zero-order valence-electron chi connectivity index (χ0n) is 23.8. The molecule has 1 aromatic heterocycles. The number of unbranched alkanes of at least 4 members (excludes halogenated alkanes) is 5. The second kappa shape index (κ2) is 14.2. The average Bonchev–Trinajstić information content (AvgIpc) is 3.08. The van der Waals surface area contributed by atoms with Crippen molar-refractivity contribution in [2.24, 2.45) is 11.8 Å². The van der Waals surface area contributed by atoms with Crippen molar-refractivity contribution in [2.45, 2.75) is 164 Å². The van der Waals surface area contributed by atoms with Crippen molar-refractivity contribution in [3.8, 4) is 0 Å². The molecule has 32 heavy (non-hydrogen) atoms. The summed E-state index contributed by atoms with van der Waals surface area (Å²) in [5.74, 6) is 1.68. The molecule has 2 atom stereocenters. The fourth-order valence-corrected chi connectivity index (χ4v) is 6.64. The normalized spacial score (nSPS) is 14.7. The topological polar surface area (TPSA) is 0 Å². The van der Waals surface area contributed by atoms with E-state index in [1.165, 1.54) is 83.5 Å². The summed E-state index contributed by atoms with van der Waals surface area (Å²) in [6.45, 7) is 24.2. The summed E-state index contributed by atoms with van der Waals surface area (Å²) in [5.41, 5.74) is 4.01. The van der Waals surface area contributed by atoms with Gasteiger partial charge in [0.15, 0.2) is 0 Å². The Morgan fingerprint density at radius 1 is 0.562 bits per heavy atom. The van der Waals surface area contributed by atoms with Gasteiger partial charge >= 0.3 is 0 Å². The molecule has 1 heteroatoms. The highest BCUT2D eigenvalue weighted by molar-refractivity contribution is 7.12. The Labute approximate surface area is 207 Å².